The zero-order valence-electron chi connectivity index (χ0n) is 13.3. The molecule has 21 heavy (non-hydrogen) atoms. The lowest BCUT2D eigenvalue weighted by molar-refractivity contribution is -0.152. The quantitative estimate of drug-likeness (QED) is 0.639. The van der Waals surface area contributed by atoms with E-state index in [1.54, 1.807) is 16.8 Å². The Balaban J connectivity index is 1.95. The van der Waals surface area contributed by atoms with Gasteiger partial charge in [-0.25, -0.2) is 4.79 Å². The van der Waals surface area contributed by atoms with Crippen LogP contribution in [0.5, 0.6) is 0 Å². The molecule has 2 aliphatic rings. The van der Waals surface area contributed by atoms with Gasteiger partial charge in [0.15, 0.2) is 5.76 Å². The second-order valence-electron chi connectivity index (χ2n) is 6.84. The Kier molecular flexibility index (Phi) is 3.91. The van der Waals surface area contributed by atoms with Crippen LogP contribution in [-0.4, -0.2) is 59.7 Å². The minimum Gasteiger partial charge on any atom is -0.480 e. The Hall–Kier alpha value is -1.72. The van der Waals surface area contributed by atoms with Crippen molar-refractivity contribution in [2.24, 2.45) is 0 Å². The van der Waals surface area contributed by atoms with Gasteiger partial charge in [0.2, 0.25) is 0 Å². The molecule has 2 amide bonds. The van der Waals surface area contributed by atoms with Gasteiger partial charge in [0, 0.05) is 33.0 Å². The first-order valence-corrected chi connectivity index (χ1v) is 7.23. The third-order valence-electron chi connectivity index (χ3n) is 3.78. The first-order chi connectivity index (χ1) is 9.62. The maximum Gasteiger partial charge on any atom is 0.410 e. The SMILES string of the molecule is C=C1OC2(CCN(C(=O)OC(C)(C)C)CC2)CN(C)C1=O. The number of hydrogen-bond donors (Lipinski definition) is 0. The van der Waals surface area contributed by atoms with Crippen LogP contribution in [0.4, 0.5) is 4.79 Å². The molecule has 0 N–H and O–H groups in total. The van der Waals surface area contributed by atoms with Crippen molar-refractivity contribution >= 4 is 12.0 Å². The number of likely N-dealkylation sites (N-methyl/N-ethyl adjacent to an activating group) is 1. The maximum absolute atomic E-state index is 12.0. The van der Waals surface area contributed by atoms with Crippen molar-refractivity contribution in [3.8, 4) is 0 Å². The van der Waals surface area contributed by atoms with Crippen molar-refractivity contribution in [1.29, 1.82) is 0 Å². The molecule has 0 aromatic carbocycles. The van der Waals surface area contributed by atoms with Crippen molar-refractivity contribution in [2.45, 2.75) is 44.8 Å². The van der Waals surface area contributed by atoms with Gasteiger partial charge >= 0.3 is 6.09 Å². The largest absolute Gasteiger partial charge is 0.480 e. The van der Waals surface area contributed by atoms with Crippen LogP contribution < -0.4 is 0 Å². The van der Waals surface area contributed by atoms with Crippen LogP contribution in [0.3, 0.4) is 0 Å². The normalized spacial score (nSPS) is 22.3. The standard InChI is InChI=1S/C15H24N2O4/c1-11-12(18)16(5)10-15(20-11)6-8-17(9-7-15)13(19)21-14(2,3)4/h1,6-10H2,2-5H3. The number of carbonyl (C=O) groups excluding carboxylic acids is 2. The summed E-state index contributed by atoms with van der Waals surface area (Å²) in [6, 6.07) is 0. The van der Waals surface area contributed by atoms with Crippen LogP contribution in [0.1, 0.15) is 33.6 Å². The van der Waals surface area contributed by atoms with Gasteiger partial charge in [-0.2, -0.15) is 0 Å². The summed E-state index contributed by atoms with van der Waals surface area (Å²) in [7, 11) is 1.75. The van der Waals surface area contributed by atoms with Crippen LogP contribution in [0.2, 0.25) is 0 Å². The smallest absolute Gasteiger partial charge is 0.410 e. The molecule has 2 aliphatic heterocycles. The third-order valence-corrected chi connectivity index (χ3v) is 3.78. The molecule has 2 rings (SSSR count). The monoisotopic (exact) mass is 296 g/mol. The lowest BCUT2D eigenvalue weighted by atomic mass is 9.89. The molecule has 0 aromatic heterocycles. The molecule has 0 bridgehead atoms. The van der Waals surface area contributed by atoms with Gasteiger partial charge in [0.1, 0.15) is 11.2 Å². The number of ether oxygens (including phenoxy) is 2. The number of hydrogen-bond acceptors (Lipinski definition) is 4. The van der Waals surface area contributed by atoms with E-state index in [0.29, 0.717) is 32.5 Å². The Bertz CT molecular complexity index is 459. The second-order valence-corrected chi connectivity index (χ2v) is 6.84. The number of rotatable bonds is 0. The topological polar surface area (TPSA) is 59.1 Å². The molecular weight excluding hydrogens is 272 g/mol. The van der Waals surface area contributed by atoms with Crippen molar-refractivity contribution < 1.29 is 19.1 Å². The number of amides is 2. The molecule has 0 aliphatic carbocycles. The minimum atomic E-state index is -0.492. The number of morpholine rings is 1. The highest BCUT2D eigenvalue weighted by molar-refractivity contribution is 5.91. The molecule has 2 fully saturated rings. The van der Waals surface area contributed by atoms with Crippen molar-refractivity contribution in [3.63, 3.8) is 0 Å². The van der Waals surface area contributed by atoms with Gasteiger partial charge in [-0.3, -0.25) is 4.79 Å². The van der Waals surface area contributed by atoms with Gasteiger partial charge in [-0.05, 0) is 20.8 Å². The highest BCUT2D eigenvalue weighted by Crippen LogP contribution is 2.33. The Labute approximate surface area is 125 Å². The molecular formula is C15H24N2O4. The molecule has 0 atom stereocenters. The number of piperidine rings is 1. The summed E-state index contributed by atoms with van der Waals surface area (Å²) in [5.41, 5.74) is -0.910. The number of likely N-dealkylation sites (tertiary alicyclic amines) is 1. The minimum absolute atomic E-state index is 0.171. The highest BCUT2D eigenvalue weighted by atomic mass is 16.6. The van der Waals surface area contributed by atoms with E-state index in [0.717, 1.165) is 0 Å². The van der Waals surface area contributed by atoms with Crippen LogP contribution in [0.25, 0.3) is 0 Å². The van der Waals surface area contributed by atoms with Gasteiger partial charge < -0.3 is 19.3 Å². The average Bonchev–Trinajstić information content (AvgIpc) is 2.34. The van der Waals surface area contributed by atoms with Crippen LogP contribution in [0.15, 0.2) is 12.3 Å². The van der Waals surface area contributed by atoms with Crippen molar-refractivity contribution in [3.05, 3.63) is 12.3 Å². The van der Waals surface area contributed by atoms with E-state index >= 15 is 0 Å². The fraction of sp³-hybridized carbons (Fsp3) is 0.733. The zero-order chi connectivity index (χ0) is 15.8. The van der Waals surface area contributed by atoms with Gasteiger partial charge in [-0.1, -0.05) is 6.58 Å². The molecule has 0 radical (unpaired) electrons. The average molecular weight is 296 g/mol. The van der Waals surface area contributed by atoms with Crippen molar-refractivity contribution in [1.82, 2.24) is 9.80 Å². The van der Waals surface area contributed by atoms with E-state index in [1.165, 1.54) is 0 Å². The molecule has 6 nitrogen and oxygen atoms in total. The molecule has 0 aromatic rings. The summed E-state index contributed by atoms with van der Waals surface area (Å²) in [4.78, 5) is 27.1. The fourth-order valence-electron chi connectivity index (χ4n) is 2.74. The van der Waals surface area contributed by atoms with Crippen LogP contribution in [-0.2, 0) is 14.3 Å². The van der Waals surface area contributed by atoms with Crippen LogP contribution in [0, 0.1) is 0 Å². The molecule has 0 unspecified atom stereocenters. The fourth-order valence-corrected chi connectivity index (χ4v) is 2.74. The summed E-state index contributed by atoms with van der Waals surface area (Å²) in [6.07, 6.45) is 1.04. The lowest BCUT2D eigenvalue weighted by Gasteiger charge is -2.46. The van der Waals surface area contributed by atoms with E-state index in [4.69, 9.17) is 9.47 Å². The van der Waals surface area contributed by atoms with Crippen molar-refractivity contribution in [2.75, 3.05) is 26.7 Å². The van der Waals surface area contributed by atoms with Gasteiger partial charge in [0.25, 0.3) is 5.91 Å². The second kappa shape index (κ2) is 5.24. The van der Waals surface area contributed by atoms with Crippen LogP contribution >= 0.6 is 0 Å². The van der Waals surface area contributed by atoms with E-state index in [-0.39, 0.29) is 17.8 Å². The van der Waals surface area contributed by atoms with E-state index in [9.17, 15) is 9.59 Å². The molecule has 1 spiro atoms. The molecule has 118 valence electrons. The Morgan fingerprint density at radius 1 is 1.33 bits per heavy atom. The predicted molar refractivity (Wildman–Crippen MR) is 77.6 cm³/mol. The van der Waals surface area contributed by atoms with E-state index in [1.807, 2.05) is 20.8 Å². The zero-order valence-corrected chi connectivity index (χ0v) is 13.3. The highest BCUT2D eigenvalue weighted by Gasteiger charge is 2.44. The molecule has 6 heteroatoms. The summed E-state index contributed by atoms with van der Waals surface area (Å²) >= 11 is 0. The number of carbonyl (C=O) groups is 2. The first kappa shape index (κ1) is 15.7. The molecule has 0 saturated carbocycles. The molecule has 2 heterocycles. The maximum atomic E-state index is 12.0. The van der Waals surface area contributed by atoms with E-state index < -0.39 is 11.2 Å². The van der Waals surface area contributed by atoms with Gasteiger partial charge in [-0.15, -0.1) is 0 Å². The summed E-state index contributed by atoms with van der Waals surface area (Å²) in [5.74, 6) is 0.0182. The summed E-state index contributed by atoms with van der Waals surface area (Å²) < 4.78 is 11.1. The summed E-state index contributed by atoms with van der Waals surface area (Å²) in [6.45, 7) is 10.9. The lowest BCUT2D eigenvalue weighted by Crippen LogP contribution is -2.57. The van der Waals surface area contributed by atoms with Gasteiger partial charge in [0.05, 0.1) is 6.54 Å². The number of nitrogens with zero attached hydrogens (tertiary/aromatic N) is 2. The third kappa shape index (κ3) is 3.49. The summed E-state index contributed by atoms with van der Waals surface area (Å²) in [5, 5.41) is 0. The Morgan fingerprint density at radius 2 is 1.90 bits per heavy atom. The molecule has 2 saturated heterocycles. The predicted octanol–water partition coefficient (Wildman–Crippen LogP) is 1.76. The Morgan fingerprint density at radius 3 is 2.38 bits per heavy atom. The van der Waals surface area contributed by atoms with E-state index in [2.05, 4.69) is 6.58 Å². The first-order valence-electron chi connectivity index (χ1n) is 7.23.